The molecule has 0 aliphatic carbocycles. The lowest BCUT2D eigenvalue weighted by molar-refractivity contribution is -0.116. The van der Waals surface area contributed by atoms with Crippen LogP contribution in [0.25, 0.3) is 0 Å². The summed E-state index contributed by atoms with van der Waals surface area (Å²) in [4.78, 5) is 11.0. The van der Waals surface area contributed by atoms with Crippen LogP contribution in [0.15, 0.2) is 12.7 Å². The maximum absolute atomic E-state index is 11.0. The lowest BCUT2D eigenvalue weighted by atomic mass is 10.1. The van der Waals surface area contributed by atoms with Crippen molar-refractivity contribution in [3.8, 4) is 0 Å². The second-order valence-electron chi connectivity index (χ2n) is 2.24. The molecule has 2 heteroatoms. The second kappa shape index (κ2) is 5.18. The Hall–Kier alpha value is -0.630. The van der Waals surface area contributed by atoms with E-state index in [4.69, 9.17) is 0 Å². The van der Waals surface area contributed by atoms with Gasteiger partial charge in [0.05, 0.1) is 6.04 Å². The van der Waals surface area contributed by atoms with Gasteiger partial charge in [0.15, 0.2) is 5.78 Å². The van der Waals surface area contributed by atoms with Crippen LogP contribution in [0.1, 0.15) is 19.8 Å². The zero-order valence-electron chi connectivity index (χ0n) is 6.68. The van der Waals surface area contributed by atoms with Crippen molar-refractivity contribution in [2.45, 2.75) is 25.8 Å². The van der Waals surface area contributed by atoms with Gasteiger partial charge in [-0.2, -0.15) is 0 Å². The van der Waals surface area contributed by atoms with Gasteiger partial charge >= 0.3 is 0 Å². The number of carbonyl (C=O) groups is 1. The van der Waals surface area contributed by atoms with Gasteiger partial charge in [-0.05, 0) is 19.5 Å². The molecule has 1 unspecified atom stereocenters. The van der Waals surface area contributed by atoms with E-state index in [-0.39, 0.29) is 11.8 Å². The Balaban J connectivity index is 3.79. The Morgan fingerprint density at radius 3 is 2.70 bits per heavy atom. The summed E-state index contributed by atoms with van der Waals surface area (Å²) >= 11 is 0. The van der Waals surface area contributed by atoms with Gasteiger partial charge in [0.2, 0.25) is 0 Å². The highest BCUT2D eigenvalue weighted by Gasteiger charge is 2.10. The van der Waals surface area contributed by atoms with Crippen molar-refractivity contribution < 1.29 is 4.79 Å². The number of carbonyl (C=O) groups excluding carboxylic acids is 1. The van der Waals surface area contributed by atoms with Gasteiger partial charge in [0.25, 0.3) is 0 Å². The Morgan fingerprint density at radius 2 is 2.40 bits per heavy atom. The zero-order chi connectivity index (χ0) is 7.98. The van der Waals surface area contributed by atoms with Gasteiger partial charge in [0, 0.05) is 0 Å². The first kappa shape index (κ1) is 9.37. The molecule has 0 spiro atoms. The molecular formula is C8H15NO. The van der Waals surface area contributed by atoms with Crippen molar-refractivity contribution in [3.05, 3.63) is 12.7 Å². The zero-order valence-corrected chi connectivity index (χ0v) is 6.68. The summed E-state index contributed by atoms with van der Waals surface area (Å²) in [5.41, 5.74) is 0. The predicted octanol–water partition coefficient (Wildman–Crippen LogP) is 1.13. The molecule has 0 saturated carbocycles. The normalized spacial score (nSPS) is 12.6. The van der Waals surface area contributed by atoms with Crippen molar-refractivity contribution in [3.63, 3.8) is 0 Å². The number of hydrogen-bond donors (Lipinski definition) is 1. The van der Waals surface area contributed by atoms with E-state index >= 15 is 0 Å². The Bertz CT molecular complexity index is 120. The van der Waals surface area contributed by atoms with Gasteiger partial charge < -0.3 is 5.32 Å². The lowest BCUT2D eigenvalue weighted by Crippen LogP contribution is -2.32. The fraction of sp³-hybridized carbons (Fsp3) is 0.625. The van der Waals surface area contributed by atoms with Crippen LogP contribution < -0.4 is 5.32 Å². The van der Waals surface area contributed by atoms with Crippen LogP contribution in [0.5, 0.6) is 0 Å². The molecule has 0 heterocycles. The Labute approximate surface area is 62.3 Å². The average Bonchev–Trinajstić information content (AvgIpc) is 1.99. The number of ketones is 1. The van der Waals surface area contributed by atoms with Crippen LogP contribution >= 0.6 is 0 Å². The summed E-state index contributed by atoms with van der Waals surface area (Å²) in [6.07, 6.45) is 3.28. The molecule has 0 saturated heterocycles. The van der Waals surface area contributed by atoms with E-state index < -0.39 is 0 Å². The van der Waals surface area contributed by atoms with Crippen molar-refractivity contribution >= 4 is 5.78 Å². The van der Waals surface area contributed by atoms with E-state index in [2.05, 4.69) is 18.8 Å². The van der Waals surface area contributed by atoms with Gasteiger partial charge in [0.1, 0.15) is 0 Å². The molecule has 0 aliphatic heterocycles. The van der Waals surface area contributed by atoms with Crippen molar-refractivity contribution in [1.29, 1.82) is 0 Å². The quantitative estimate of drug-likeness (QED) is 0.581. The first-order chi connectivity index (χ1) is 4.76. The third-order valence-electron chi connectivity index (χ3n) is 1.47. The molecule has 0 aliphatic rings. The van der Waals surface area contributed by atoms with E-state index in [1.54, 1.807) is 7.05 Å². The minimum absolute atomic E-state index is 0.0255. The Morgan fingerprint density at radius 1 is 1.80 bits per heavy atom. The number of likely N-dealkylation sites (N-methyl/N-ethyl adjacent to an activating group) is 1. The first-order valence-corrected chi connectivity index (χ1v) is 3.59. The molecule has 0 bridgehead atoms. The van der Waals surface area contributed by atoms with Crippen LogP contribution in [0, 0.1) is 0 Å². The number of rotatable bonds is 5. The minimum atomic E-state index is -0.0255. The standard InChI is InChI=1S/C8H15NO/c1-4-6-7(9-3)8(10)5-2/h5,7,9H,2,4,6H2,1,3H3. The van der Waals surface area contributed by atoms with Gasteiger partial charge in [-0.15, -0.1) is 0 Å². The van der Waals surface area contributed by atoms with E-state index in [9.17, 15) is 4.79 Å². The topological polar surface area (TPSA) is 29.1 Å². The first-order valence-electron chi connectivity index (χ1n) is 3.59. The van der Waals surface area contributed by atoms with Crippen LogP contribution in [0.4, 0.5) is 0 Å². The maximum atomic E-state index is 11.0. The lowest BCUT2D eigenvalue weighted by Gasteiger charge is -2.09. The molecule has 0 aromatic heterocycles. The monoisotopic (exact) mass is 141 g/mol. The van der Waals surface area contributed by atoms with Crippen LogP contribution in [0.3, 0.4) is 0 Å². The molecular weight excluding hydrogens is 126 g/mol. The summed E-state index contributed by atoms with van der Waals surface area (Å²) in [5, 5.41) is 2.93. The third kappa shape index (κ3) is 2.78. The summed E-state index contributed by atoms with van der Waals surface area (Å²) in [7, 11) is 1.79. The highest BCUT2D eigenvalue weighted by molar-refractivity contribution is 5.93. The van der Waals surface area contributed by atoms with Crippen molar-refractivity contribution in [1.82, 2.24) is 5.32 Å². The second-order valence-corrected chi connectivity index (χ2v) is 2.24. The summed E-state index contributed by atoms with van der Waals surface area (Å²) in [5.74, 6) is 0.0874. The highest BCUT2D eigenvalue weighted by Crippen LogP contribution is 1.97. The van der Waals surface area contributed by atoms with Crippen molar-refractivity contribution in [2.24, 2.45) is 0 Å². The van der Waals surface area contributed by atoms with Crippen LogP contribution in [-0.4, -0.2) is 18.9 Å². The number of hydrogen-bond acceptors (Lipinski definition) is 2. The van der Waals surface area contributed by atoms with Crippen molar-refractivity contribution in [2.75, 3.05) is 7.05 Å². The van der Waals surface area contributed by atoms with Crippen LogP contribution in [0.2, 0.25) is 0 Å². The fourth-order valence-electron chi connectivity index (χ4n) is 0.860. The van der Waals surface area contributed by atoms with Crippen LogP contribution in [-0.2, 0) is 4.79 Å². The predicted molar refractivity (Wildman–Crippen MR) is 43.0 cm³/mol. The minimum Gasteiger partial charge on any atom is -0.310 e. The van der Waals surface area contributed by atoms with E-state index in [1.165, 1.54) is 6.08 Å². The molecule has 1 N–H and O–H groups in total. The van der Waals surface area contributed by atoms with Gasteiger partial charge in [-0.1, -0.05) is 19.9 Å². The van der Waals surface area contributed by atoms with E-state index in [1.807, 2.05) is 0 Å². The fourth-order valence-corrected chi connectivity index (χ4v) is 0.860. The summed E-state index contributed by atoms with van der Waals surface area (Å²) in [6, 6.07) is -0.0255. The molecule has 1 atom stereocenters. The molecule has 0 radical (unpaired) electrons. The van der Waals surface area contributed by atoms with Gasteiger partial charge in [-0.25, -0.2) is 0 Å². The SMILES string of the molecule is C=CC(=O)C(CCC)NC. The molecule has 0 aromatic carbocycles. The maximum Gasteiger partial charge on any atom is 0.171 e. The summed E-state index contributed by atoms with van der Waals surface area (Å²) in [6.45, 7) is 5.48. The van der Waals surface area contributed by atoms with Gasteiger partial charge in [-0.3, -0.25) is 4.79 Å². The smallest absolute Gasteiger partial charge is 0.171 e. The summed E-state index contributed by atoms with van der Waals surface area (Å²) < 4.78 is 0. The molecule has 58 valence electrons. The Kier molecular flexibility index (Phi) is 4.85. The highest BCUT2D eigenvalue weighted by atomic mass is 16.1. The molecule has 0 fully saturated rings. The molecule has 0 aromatic rings. The van der Waals surface area contributed by atoms with E-state index in [0.29, 0.717) is 0 Å². The molecule has 10 heavy (non-hydrogen) atoms. The molecule has 2 nitrogen and oxygen atoms in total. The average molecular weight is 141 g/mol. The molecule has 0 amide bonds. The number of nitrogens with one attached hydrogen (secondary N) is 1. The van der Waals surface area contributed by atoms with E-state index in [0.717, 1.165) is 12.8 Å². The third-order valence-corrected chi connectivity index (χ3v) is 1.47. The largest absolute Gasteiger partial charge is 0.310 e. The molecule has 0 rings (SSSR count).